The second kappa shape index (κ2) is 5.20. The molecular formula is C10H8BrF3N4S. The molecule has 0 bridgehead atoms. The molecule has 0 amide bonds. The Balaban J connectivity index is 2.31. The van der Waals surface area contributed by atoms with E-state index in [0.29, 0.717) is 5.56 Å². The summed E-state index contributed by atoms with van der Waals surface area (Å²) >= 11 is 4.81. The SMILES string of the molecule is CSc1ccc(CC2(C(F)(F)F)N=NN=N2)cc1Br. The van der Waals surface area contributed by atoms with Gasteiger partial charge in [0.25, 0.3) is 5.66 Å². The highest BCUT2D eigenvalue weighted by Gasteiger charge is 2.58. The van der Waals surface area contributed by atoms with E-state index in [-0.39, 0.29) is 0 Å². The molecule has 1 heterocycles. The maximum Gasteiger partial charge on any atom is 0.438 e. The lowest BCUT2D eigenvalue weighted by atomic mass is 10.0. The molecule has 9 heteroatoms. The Kier molecular flexibility index (Phi) is 3.95. The van der Waals surface area contributed by atoms with Crippen LogP contribution in [0, 0.1) is 0 Å². The maximum atomic E-state index is 13.0. The molecule has 102 valence electrons. The number of thioether (sulfide) groups is 1. The van der Waals surface area contributed by atoms with Gasteiger partial charge in [-0.3, -0.25) is 0 Å². The molecule has 4 nitrogen and oxygen atoms in total. The number of benzene rings is 1. The van der Waals surface area contributed by atoms with Crippen molar-refractivity contribution >= 4 is 27.7 Å². The van der Waals surface area contributed by atoms with Crippen LogP contribution in [0.1, 0.15) is 5.56 Å². The summed E-state index contributed by atoms with van der Waals surface area (Å²) in [5.74, 6) is 0. The van der Waals surface area contributed by atoms with Crippen molar-refractivity contribution in [3.05, 3.63) is 28.2 Å². The third-order valence-electron chi connectivity index (χ3n) is 2.58. The fourth-order valence-electron chi connectivity index (χ4n) is 1.60. The van der Waals surface area contributed by atoms with Crippen LogP contribution in [0.4, 0.5) is 13.2 Å². The van der Waals surface area contributed by atoms with E-state index >= 15 is 0 Å². The van der Waals surface area contributed by atoms with Gasteiger partial charge >= 0.3 is 6.18 Å². The van der Waals surface area contributed by atoms with Gasteiger partial charge in [-0.2, -0.15) is 13.2 Å². The Bertz CT molecular complexity index is 532. The van der Waals surface area contributed by atoms with Gasteiger partial charge in [-0.1, -0.05) is 6.07 Å². The lowest BCUT2D eigenvalue weighted by Gasteiger charge is -2.22. The summed E-state index contributed by atoms with van der Waals surface area (Å²) in [7, 11) is 0. The summed E-state index contributed by atoms with van der Waals surface area (Å²) in [6.45, 7) is 0. The molecule has 1 aliphatic rings. The first kappa shape index (κ1) is 14.4. The molecule has 19 heavy (non-hydrogen) atoms. The Hall–Kier alpha value is -0.960. The monoisotopic (exact) mass is 352 g/mol. The molecule has 0 unspecified atom stereocenters. The molecule has 0 N–H and O–H groups in total. The number of rotatable bonds is 3. The zero-order valence-electron chi connectivity index (χ0n) is 9.65. The van der Waals surface area contributed by atoms with Crippen LogP contribution >= 0.6 is 27.7 Å². The average molecular weight is 353 g/mol. The molecule has 0 aliphatic carbocycles. The molecule has 2 rings (SSSR count). The number of nitrogens with zero attached hydrogens (tertiary/aromatic N) is 4. The van der Waals surface area contributed by atoms with Gasteiger partial charge in [-0.15, -0.1) is 22.0 Å². The average Bonchev–Trinajstić information content (AvgIpc) is 2.78. The van der Waals surface area contributed by atoms with Gasteiger partial charge < -0.3 is 0 Å². The topological polar surface area (TPSA) is 49.4 Å². The number of hydrogen-bond acceptors (Lipinski definition) is 5. The Morgan fingerprint density at radius 3 is 2.37 bits per heavy atom. The second-order valence-electron chi connectivity index (χ2n) is 3.84. The molecule has 0 saturated carbocycles. The van der Waals surface area contributed by atoms with Crippen molar-refractivity contribution in [1.82, 2.24) is 0 Å². The van der Waals surface area contributed by atoms with Crippen molar-refractivity contribution in [2.24, 2.45) is 20.7 Å². The minimum atomic E-state index is -4.62. The third kappa shape index (κ3) is 2.81. The molecule has 0 spiro atoms. The van der Waals surface area contributed by atoms with E-state index in [1.54, 1.807) is 18.2 Å². The highest BCUT2D eigenvalue weighted by atomic mass is 79.9. The first-order valence-corrected chi connectivity index (χ1v) is 7.13. The van der Waals surface area contributed by atoms with Crippen LogP contribution < -0.4 is 0 Å². The minimum absolute atomic E-state index is 0.420. The van der Waals surface area contributed by atoms with Crippen LogP contribution in [0.25, 0.3) is 0 Å². The summed E-state index contributed by atoms with van der Waals surface area (Å²) in [5.41, 5.74) is -2.13. The Morgan fingerprint density at radius 1 is 1.26 bits per heavy atom. The maximum absolute atomic E-state index is 13.0. The number of hydrogen-bond donors (Lipinski definition) is 0. The highest BCUT2D eigenvalue weighted by Crippen LogP contribution is 2.41. The zero-order valence-corrected chi connectivity index (χ0v) is 12.1. The Morgan fingerprint density at radius 2 is 1.89 bits per heavy atom. The number of halogens is 4. The van der Waals surface area contributed by atoms with Crippen LogP contribution in [0.3, 0.4) is 0 Å². The van der Waals surface area contributed by atoms with E-state index in [4.69, 9.17) is 0 Å². The third-order valence-corrected chi connectivity index (χ3v) is 4.30. The van der Waals surface area contributed by atoms with E-state index in [9.17, 15) is 13.2 Å². The summed E-state index contributed by atoms with van der Waals surface area (Å²) in [6.07, 6.45) is -3.16. The minimum Gasteiger partial charge on any atom is -0.166 e. The molecule has 0 aromatic heterocycles. The van der Waals surface area contributed by atoms with Gasteiger partial charge in [0.2, 0.25) is 0 Å². The van der Waals surface area contributed by atoms with E-state index in [1.165, 1.54) is 11.8 Å². The normalized spacial score (nSPS) is 17.1. The highest BCUT2D eigenvalue weighted by molar-refractivity contribution is 9.10. The summed E-state index contributed by atoms with van der Waals surface area (Å²) in [5, 5.41) is 12.3. The fourth-order valence-corrected chi connectivity index (χ4v) is 2.97. The van der Waals surface area contributed by atoms with E-state index in [2.05, 4.69) is 36.6 Å². The largest absolute Gasteiger partial charge is 0.438 e. The predicted molar refractivity (Wildman–Crippen MR) is 68.1 cm³/mol. The summed E-state index contributed by atoms with van der Waals surface area (Å²) in [4.78, 5) is 0.944. The Labute approximate surface area is 119 Å². The molecule has 1 aliphatic heterocycles. The molecular weight excluding hydrogens is 345 g/mol. The molecule has 0 saturated heterocycles. The van der Waals surface area contributed by atoms with Crippen molar-refractivity contribution in [2.75, 3.05) is 6.26 Å². The lowest BCUT2D eigenvalue weighted by molar-refractivity contribution is -0.183. The van der Waals surface area contributed by atoms with Crippen LogP contribution in [0.5, 0.6) is 0 Å². The van der Waals surface area contributed by atoms with E-state index < -0.39 is 18.3 Å². The predicted octanol–water partition coefficient (Wildman–Crippen LogP) is 4.81. The first-order valence-electron chi connectivity index (χ1n) is 5.11. The molecule has 0 fully saturated rings. The molecule has 0 atom stereocenters. The summed E-state index contributed by atoms with van der Waals surface area (Å²) < 4.78 is 39.8. The van der Waals surface area contributed by atoms with Gasteiger partial charge in [0.15, 0.2) is 0 Å². The molecule has 1 aromatic carbocycles. The van der Waals surface area contributed by atoms with Gasteiger partial charge in [0.05, 0.1) is 0 Å². The standard InChI is InChI=1S/C10H8BrF3N4S/c1-19-8-3-2-6(4-7(8)11)5-9(10(12,13)14)15-17-18-16-9/h2-4H,5H2,1H3. The fraction of sp³-hybridized carbons (Fsp3) is 0.400. The van der Waals surface area contributed by atoms with Crippen molar-refractivity contribution in [3.8, 4) is 0 Å². The van der Waals surface area contributed by atoms with Crippen LogP contribution in [0.2, 0.25) is 0 Å². The first-order chi connectivity index (χ1) is 8.88. The quantitative estimate of drug-likeness (QED) is 0.720. The zero-order chi connectivity index (χ0) is 14.1. The van der Waals surface area contributed by atoms with Gasteiger partial charge in [-0.05, 0) is 50.3 Å². The van der Waals surface area contributed by atoms with E-state index in [0.717, 1.165) is 9.37 Å². The van der Waals surface area contributed by atoms with Gasteiger partial charge in [0, 0.05) is 15.8 Å². The van der Waals surface area contributed by atoms with Crippen molar-refractivity contribution in [3.63, 3.8) is 0 Å². The second-order valence-corrected chi connectivity index (χ2v) is 5.54. The molecule has 1 aromatic rings. The van der Waals surface area contributed by atoms with Crippen LogP contribution in [-0.4, -0.2) is 18.1 Å². The summed E-state index contributed by atoms with van der Waals surface area (Å²) in [6, 6.07) is 4.99. The van der Waals surface area contributed by atoms with Crippen molar-refractivity contribution in [2.45, 2.75) is 23.2 Å². The van der Waals surface area contributed by atoms with Crippen molar-refractivity contribution in [1.29, 1.82) is 0 Å². The van der Waals surface area contributed by atoms with Crippen LogP contribution in [-0.2, 0) is 6.42 Å². The molecule has 0 radical (unpaired) electrons. The lowest BCUT2D eigenvalue weighted by Crippen LogP contribution is -2.42. The van der Waals surface area contributed by atoms with Crippen LogP contribution in [0.15, 0.2) is 48.2 Å². The van der Waals surface area contributed by atoms with Gasteiger partial charge in [0.1, 0.15) is 0 Å². The smallest absolute Gasteiger partial charge is 0.166 e. The van der Waals surface area contributed by atoms with E-state index in [1.807, 2.05) is 6.26 Å². The van der Waals surface area contributed by atoms with Gasteiger partial charge in [-0.25, -0.2) is 0 Å². The van der Waals surface area contributed by atoms with Crippen molar-refractivity contribution < 1.29 is 13.2 Å². The number of alkyl halides is 3.